The third kappa shape index (κ3) is 4.37. The first-order valence-corrected chi connectivity index (χ1v) is 9.86. The summed E-state index contributed by atoms with van der Waals surface area (Å²) in [4.78, 5) is 17.7. The molecule has 3 aromatic rings. The number of amides is 1. The van der Waals surface area contributed by atoms with E-state index in [1.54, 1.807) is 30.1 Å². The fraction of sp³-hybridized carbons (Fsp3) is 0.182. The van der Waals surface area contributed by atoms with Crippen LogP contribution in [0.2, 0.25) is 0 Å². The van der Waals surface area contributed by atoms with Gasteiger partial charge in [-0.15, -0.1) is 11.8 Å². The Bertz CT molecular complexity index is 931. The number of halogens is 1. The molecule has 1 fully saturated rings. The Hall–Kier alpha value is -2.66. The second kappa shape index (κ2) is 7.92. The molecule has 1 aliphatic carbocycles. The molecule has 3 nitrogen and oxygen atoms in total. The van der Waals surface area contributed by atoms with E-state index in [0.717, 1.165) is 16.3 Å². The van der Waals surface area contributed by atoms with Crippen molar-refractivity contribution < 1.29 is 9.18 Å². The molecule has 1 N–H and O–H groups in total. The van der Waals surface area contributed by atoms with Crippen molar-refractivity contribution in [3.63, 3.8) is 0 Å². The summed E-state index contributed by atoms with van der Waals surface area (Å²) in [6, 6.07) is 18.5. The summed E-state index contributed by atoms with van der Waals surface area (Å²) in [7, 11) is 0. The topological polar surface area (TPSA) is 42.0 Å². The van der Waals surface area contributed by atoms with Crippen LogP contribution in [0.4, 0.5) is 10.1 Å². The molecule has 1 aliphatic rings. The molecule has 2 unspecified atom stereocenters. The van der Waals surface area contributed by atoms with E-state index in [0.29, 0.717) is 12.0 Å². The van der Waals surface area contributed by atoms with E-state index in [-0.39, 0.29) is 23.6 Å². The summed E-state index contributed by atoms with van der Waals surface area (Å²) in [5.74, 6) is 0.417. The molecule has 4 rings (SSSR count). The van der Waals surface area contributed by atoms with Gasteiger partial charge in [0, 0.05) is 34.6 Å². The summed E-state index contributed by atoms with van der Waals surface area (Å²) in [6.07, 6.45) is 4.33. The Labute approximate surface area is 162 Å². The van der Waals surface area contributed by atoms with Crippen molar-refractivity contribution in [1.82, 2.24) is 4.98 Å². The Kier molecular flexibility index (Phi) is 5.21. The first-order chi connectivity index (χ1) is 13.2. The van der Waals surface area contributed by atoms with Crippen molar-refractivity contribution in [2.24, 2.45) is 5.92 Å². The van der Waals surface area contributed by atoms with Gasteiger partial charge >= 0.3 is 0 Å². The van der Waals surface area contributed by atoms with Gasteiger partial charge in [-0.25, -0.2) is 4.39 Å². The molecular formula is C22H19FN2OS. The van der Waals surface area contributed by atoms with Crippen molar-refractivity contribution in [1.29, 1.82) is 0 Å². The Morgan fingerprint density at radius 3 is 2.67 bits per heavy atom. The lowest BCUT2D eigenvalue weighted by molar-refractivity contribution is -0.117. The minimum Gasteiger partial charge on any atom is -0.326 e. The number of carbonyl (C=O) groups is 1. The molecule has 0 saturated heterocycles. The standard InChI is InChI=1S/C22H19FN2OS/c23-21-6-2-1-5-18(21)19-12-20(19)22(26)25-16-7-9-17(10-8-16)27-14-15-4-3-11-24-13-15/h1-11,13,19-20H,12,14H2,(H,25,26). The molecule has 1 heterocycles. The second-order valence-electron chi connectivity index (χ2n) is 6.63. The van der Waals surface area contributed by atoms with Gasteiger partial charge < -0.3 is 5.32 Å². The Morgan fingerprint density at radius 2 is 1.93 bits per heavy atom. The van der Waals surface area contributed by atoms with Crippen LogP contribution >= 0.6 is 11.8 Å². The molecule has 1 aromatic heterocycles. The normalized spacial score (nSPS) is 18.1. The molecule has 1 saturated carbocycles. The lowest BCUT2D eigenvalue weighted by Gasteiger charge is -2.07. The highest BCUT2D eigenvalue weighted by molar-refractivity contribution is 7.98. The van der Waals surface area contributed by atoms with Gasteiger partial charge in [0.15, 0.2) is 0 Å². The number of anilines is 1. The lowest BCUT2D eigenvalue weighted by atomic mass is 10.1. The number of hydrogen-bond acceptors (Lipinski definition) is 3. The van der Waals surface area contributed by atoms with Gasteiger partial charge in [0.1, 0.15) is 5.82 Å². The van der Waals surface area contributed by atoms with Crippen LogP contribution in [0.25, 0.3) is 0 Å². The molecule has 0 bridgehead atoms. The van der Waals surface area contributed by atoms with E-state index in [1.165, 1.54) is 11.6 Å². The molecule has 0 aliphatic heterocycles. The fourth-order valence-electron chi connectivity index (χ4n) is 3.12. The molecule has 2 aromatic carbocycles. The summed E-state index contributed by atoms with van der Waals surface area (Å²) in [5, 5.41) is 2.94. The maximum absolute atomic E-state index is 13.8. The minimum absolute atomic E-state index is 0.0134. The molecule has 1 amide bonds. The first kappa shape index (κ1) is 17.7. The maximum atomic E-state index is 13.8. The summed E-state index contributed by atoms with van der Waals surface area (Å²) < 4.78 is 13.8. The monoisotopic (exact) mass is 378 g/mol. The predicted molar refractivity (Wildman–Crippen MR) is 106 cm³/mol. The number of thioether (sulfide) groups is 1. The molecular weight excluding hydrogens is 359 g/mol. The van der Waals surface area contributed by atoms with E-state index in [4.69, 9.17) is 0 Å². The average molecular weight is 378 g/mol. The zero-order valence-corrected chi connectivity index (χ0v) is 15.5. The van der Waals surface area contributed by atoms with Crippen LogP contribution in [0.1, 0.15) is 23.5 Å². The number of benzene rings is 2. The van der Waals surface area contributed by atoms with Gasteiger partial charge in [0.05, 0.1) is 0 Å². The van der Waals surface area contributed by atoms with Gasteiger partial charge in [-0.05, 0) is 59.9 Å². The SMILES string of the molecule is O=C(Nc1ccc(SCc2cccnc2)cc1)C1CC1c1ccccc1F. The first-order valence-electron chi connectivity index (χ1n) is 8.88. The van der Waals surface area contributed by atoms with Crippen molar-refractivity contribution >= 4 is 23.4 Å². The van der Waals surface area contributed by atoms with Crippen LogP contribution in [-0.2, 0) is 10.5 Å². The van der Waals surface area contributed by atoms with E-state index < -0.39 is 0 Å². The lowest BCUT2D eigenvalue weighted by Crippen LogP contribution is -2.14. The largest absolute Gasteiger partial charge is 0.326 e. The smallest absolute Gasteiger partial charge is 0.228 e. The van der Waals surface area contributed by atoms with E-state index in [9.17, 15) is 9.18 Å². The number of aromatic nitrogens is 1. The van der Waals surface area contributed by atoms with Crippen molar-refractivity contribution in [3.8, 4) is 0 Å². The second-order valence-corrected chi connectivity index (χ2v) is 7.68. The molecule has 5 heteroatoms. The predicted octanol–water partition coefficient (Wildman–Crippen LogP) is 5.26. The number of nitrogens with zero attached hydrogens (tertiary/aromatic N) is 1. The number of hydrogen-bond donors (Lipinski definition) is 1. The number of pyridine rings is 1. The molecule has 0 radical (unpaired) electrons. The highest BCUT2D eigenvalue weighted by atomic mass is 32.2. The Morgan fingerprint density at radius 1 is 1.11 bits per heavy atom. The summed E-state index contributed by atoms with van der Waals surface area (Å²) in [5.41, 5.74) is 2.58. The number of nitrogens with one attached hydrogen (secondary N) is 1. The number of rotatable bonds is 6. The zero-order chi connectivity index (χ0) is 18.6. The molecule has 0 spiro atoms. The highest BCUT2D eigenvalue weighted by Crippen LogP contribution is 2.48. The van der Waals surface area contributed by atoms with E-state index >= 15 is 0 Å². The van der Waals surface area contributed by atoms with Crippen LogP contribution in [-0.4, -0.2) is 10.9 Å². The average Bonchev–Trinajstić information content (AvgIpc) is 3.49. The zero-order valence-electron chi connectivity index (χ0n) is 14.6. The van der Waals surface area contributed by atoms with Crippen molar-refractivity contribution in [3.05, 3.63) is 90.0 Å². The summed E-state index contributed by atoms with van der Waals surface area (Å²) in [6.45, 7) is 0. The van der Waals surface area contributed by atoms with Gasteiger partial charge in [0.2, 0.25) is 5.91 Å². The van der Waals surface area contributed by atoms with Crippen LogP contribution in [0.3, 0.4) is 0 Å². The third-order valence-corrected chi connectivity index (χ3v) is 5.77. The molecule has 2 atom stereocenters. The van der Waals surface area contributed by atoms with Gasteiger partial charge in [-0.2, -0.15) is 0 Å². The highest BCUT2D eigenvalue weighted by Gasteiger charge is 2.45. The van der Waals surface area contributed by atoms with E-state index in [2.05, 4.69) is 16.4 Å². The minimum atomic E-state index is -0.229. The van der Waals surface area contributed by atoms with Gasteiger partial charge in [-0.1, -0.05) is 24.3 Å². The quantitative estimate of drug-likeness (QED) is 0.595. The third-order valence-electron chi connectivity index (χ3n) is 4.68. The fourth-order valence-corrected chi connectivity index (χ4v) is 3.96. The van der Waals surface area contributed by atoms with E-state index in [1.807, 2.05) is 42.6 Å². The van der Waals surface area contributed by atoms with Crippen molar-refractivity contribution in [2.45, 2.75) is 23.0 Å². The van der Waals surface area contributed by atoms with Crippen LogP contribution in [0.15, 0.2) is 78.0 Å². The van der Waals surface area contributed by atoms with Crippen LogP contribution < -0.4 is 5.32 Å². The molecule has 27 heavy (non-hydrogen) atoms. The van der Waals surface area contributed by atoms with Crippen LogP contribution in [0, 0.1) is 11.7 Å². The van der Waals surface area contributed by atoms with Crippen molar-refractivity contribution in [2.75, 3.05) is 5.32 Å². The van der Waals surface area contributed by atoms with Crippen LogP contribution in [0.5, 0.6) is 0 Å². The van der Waals surface area contributed by atoms with Gasteiger partial charge in [-0.3, -0.25) is 9.78 Å². The molecule has 136 valence electrons. The number of carbonyl (C=O) groups excluding carboxylic acids is 1. The summed E-state index contributed by atoms with van der Waals surface area (Å²) >= 11 is 1.72. The Balaban J connectivity index is 1.31. The maximum Gasteiger partial charge on any atom is 0.228 e. The van der Waals surface area contributed by atoms with Gasteiger partial charge in [0.25, 0.3) is 0 Å².